The molecule has 0 fully saturated rings. The molecular weight excluding hydrogens is 280 g/mol. The highest BCUT2D eigenvalue weighted by Gasteiger charge is 2.18. The maximum absolute atomic E-state index is 12.1. The van der Waals surface area contributed by atoms with Gasteiger partial charge in [-0.3, -0.25) is 0 Å². The number of ether oxygens (including phenoxy) is 1. The largest absolute Gasteiger partial charge is 0.481 e. The Kier molecular flexibility index (Phi) is 4.05. The van der Waals surface area contributed by atoms with Crippen LogP contribution in [0.2, 0.25) is 0 Å². The van der Waals surface area contributed by atoms with Crippen LogP contribution in [0, 0.1) is 6.92 Å². The van der Waals surface area contributed by atoms with Crippen LogP contribution < -0.4 is 9.46 Å². The first-order valence-corrected chi connectivity index (χ1v) is 7.40. The molecule has 0 spiro atoms. The fourth-order valence-corrected chi connectivity index (χ4v) is 2.69. The monoisotopic (exact) mass is 296 g/mol. The summed E-state index contributed by atoms with van der Waals surface area (Å²) in [6, 6.07) is 3.47. The topological polar surface area (TPSA) is 86.1 Å². The maximum Gasteiger partial charge on any atom is 0.259 e. The highest BCUT2D eigenvalue weighted by atomic mass is 32.2. The Morgan fingerprint density at radius 1 is 1.45 bits per heavy atom. The second-order valence-corrected chi connectivity index (χ2v) is 5.95. The summed E-state index contributed by atoms with van der Waals surface area (Å²) >= 11 is 0. The highest BCUT2D eigenvalue weighted by molar-refractivity contribution is 7.89. The van der Waals surface area contributed by atoms with Gasteiger partial charge in [0.25, 0.3) is 10.0 Å². The predicted octanol–water partition coefficient (Wildman–Crippen LogP) is 0.611. The Labute approximate surface area is 117 Å². The molecule has 0 saturated heterocycles. The standard InChI is InChI=1S/C12H16N4O3S/c1-9-15-11(8-16(9)2)20(17,18)14-7-10-5-4-6-13-12(10)19-3/h4-6,8,14H,7H2,1-3H3. The molecule has 0 atom stereocenters. The zero-order chi connectivity index (χ0) is 14.8. The van der Waals surface area contributed by atoms with Crippen LogP contribution in [-0.4, -0.2) is 30.1 Å². The lowest BCUT2D eigenvalue weighted by Crippen LogP contribution is -2.24. The van der Waals surface area contributed by atoms with Gasteiger partial charge < -0.3 is 9.30 Å². The van der Waals surface area contributed by atoms with Crippen molar-refractivity contribution in [3.05, 3.63) is 35.9 Å². The molecular formula is C12H16N4O3S. The van der Waals surface area contributed by atoms with E-state index in [1.54, 1.807) is 36.9 Å². The second-order valence-electron chi connectivity index (χ2n) is 4.23. The Morgan fingerprint density at radius 2 is 2.20 bits per heavy atom. The first kappa shape index (κ1) is 14.5. The fraction of sp³-hybridized carbons (Fsp3) is 0.333. The van der Waals surface area contributed by atoms with Gasteiger partial charge in [0.2, 0.25) is 5.88 Å². The third-order valence-corrected chi connectivity index (χ3v) is 4.13. The molecule has 20 heavy (non-hydrogen) atoms. The summed E-state index contributed by atoms with van der Waals surface area (Å²) in [5.41, 5.74) is 0.659. The number of sulfonamides is 1. The van der Waals surface area contributed by atoms with Gasteiger partial charge in [-0.15, -0.1) is 0 Å². The number of pyridine rings is 1. The van der Waals surface area contributed by atoms with E-state index in [0.29, 0.717) is 17.3 Å². The van der Waals surface area contributed by atoms with Crippen molar-refractivity contribution in [3.63, 3.8) is 0 Å². The summed E-state index contributed by atoms with van der Waals surface area (Å²) in [7, 11) is -0.420. The Hall–Kier alpha value is -1.93. The molecule has 2 aromatic rings. The summed E-state index contributed by atoms with van der Waals surface area (Å²) in [6.07, 6.45) is 3.05. The molecule has 0 amide bonds. The lowest BCUT2D eigenvalue weighted by Gasteiger charge is -2.07. The minimum Gasteiger partial charge on any atom is -0.481 e. The van der Waals surface area contributed by atoms with Crippen LogP contribution in [0.4, 0.5) is 0 Å². The molecule has 2 heterocycles. The van der Waals surface area contributed by atoms with Crippen molar-refractivity contribution in [2.45, 2.75) is 18.5 Å². The van der Waals surface area contributed by atoms with Crippen LogP contribution in [0.1, 0.15) is 11.4 Å². The summed E-state index contributed by atoms with van der Waals surface area (Å²) in [5, 5.41) is 0.000331. The maximum atomic E-state index is 12.1. The number of nitrogens with zero attached hydrogens (tertiary/aromatic N) is 3. The molecule has 1 N–H and O–H groups in total. The van der Waals surface area contributed by atoms with E-state index in [0.717, 1.165) is 0 Å². The van der Waals surface area contributed by atoms with Gasteiger partial charge in [0.15, 0.2) is 5.03 Å². The van der Waals surface area contributed by atoms with Gasteiger partial charge in [-0.1, -0.05) is 6.07 Å². The van der Waals surface area contributed by atoms with Crippen molar-refractivity contribution in [1.82, 2.24) is 19.3 Å². The molecule has 0 aliphatic rings. The summed E-state index contributed by atoms with van der Waals surface area (Å²) < 4.78 is 33.5. The van der Waals surface area contributed by atoms with E-state index in [1.807, 2.05) is 0 Å². The molecule has 108 valence electrons. The molecule has 0 bridgehead atoms. The van der Waals surface area contributed by atoms with Crippen molar-refractivity contribution in [2.75, 3.05) is 7.11 Å². The highest BCUT2D eigenvalue weighted by Crippen LogP contribution is 2.14. The lowest BCUT2D eigenvalue weighted by atomic mass is 10.3. The number of aryl methyl sites for hydroxylation is 2. The minimum atomic E-state index is -3.65. The first-order chi connectivity index (χ1) is 9.44. The van der Waals surface area contributed by atoms with Crippen molar-refractivity contribution < 1.29 is 13.2 Å². The van der Waals surface area contributed by atoms with Crippen LogP contribution in [0.3, 0.4) is 0 Å². The van der Waals surface area contributed by atoms with E-state index >= 15 is 0 Å². The van der Waals surface area contributed by atoms with E-state index in [2.05, 4.69) is 14.7 Å². The summed E-state index contributed by atoms with van der Waals surface area (Å²) in [4.78, 5) is 8.01. The normalized spacial score (nSPS) is 11.6. The van der Waals surface area contributed by atoms with Gasteiger partial charge in [0.1, 0.15) is 5.82 Å². The number of hydrogen-bond donors (Lipinski definition) is 1. The molecule has 7 nitrogen and oxygen atoms in total. The second kappa shape index (κ2) is 5.59. The molecule has 0 aliphatic carbocycles. The van der Waals surface area contributed by atoms with Crippen molar-refractivity contribution in [1.29, 1.82) is 0 Å². The SMILES string of the molecule is COc1ncccc1CNS(=O)(=O)c1cn(C)c(C)n1. The number of methoxy groups -OCH3 is 1. The third kappa shape index (κ3) is 2.97. The van der Waals surface area contributed by atoms with E-state index in [-0.39, 0.29) is 11.6 Å². The fourth-order valence-electron chi connectivity index (χ4n) is 1.64. The van der Waals surface area contributed by atoms with Gasteiger partial charge in [-0.2, -0.15) is 0 Å². The Bertz CT molecular complexity index is 690. The van der Waals surface area contributed by atoms with E-state index in [9.17, 15) is 8.42 Å². The molecule has 0 unspecified atom stereocenters. The van der Waals surface area contributed by atoms with Crippen LogP contribution in [0.5, 0.6) is 5.88 Å². The average molecular weight is 296 g/mol. The van der Waals surface area contributed by atoms with Gasteiger partial charge in [0, 0.05) is 31.5 Å². The smallest absolute Gasteiger partial charge is 0.259 e. The predicted molar refractivity (Wildman–Crippen MR) is 72.8 cm³/mol. The molecule has 8 heteroatoms. The van der Waals surface area contributed by atoms with Crippen LogP contribution in [-0.2, 0) is 23.6 Å². The molecule has 0 aliphatic heterocycles. The van der Waals surface area contributed by atoms with Crippen molar-refractivity contribution in [3.8, 4) is 5.88 Å². The quantitative estimate of drug-likeness (QED) is 0.873. The van der Waals surface area contributed by atoms with Gasteiger partial charge in [-0.25, -0.2) is 23.1 Å². The third-order valence-electron chi connectivity index (χ3n) is 2.86. The van der Waals surface area contributed by atoms with Crippen molar-refractivity contribution in [2.24, 2.45) is 7.05 Å². The minimum absolute atomic E-state index is 0.000331. The average Bonchev–Trinajstić information content (AvgIpc) is 2.78. The Balaban J connectivity index is 2.17. The lowest BCUT2D eigenvalue weighted by molar-refractivity contribution is 0.392. The van der Waals surface area contributed by atoms with E-state index < -0.39 is 10.0 Å². The zero-order valence-corrected chi connectivity index (χ0v) is 12.3. The van der Waals surface area contributed by atoms with E-state index in [4.69, 9.17) is 4.74 Å². The molecule has 0 saturated carbocycles. The zero-order valence-electron chi connectivity index (χ0n) is 11.5. The van der Waals surface area contributed by atoms with E-state index in [1.165, 1.54) is 13.3 Å². The molecule has 2 rings (SSSR count). The van der Waals surface area contributed by atoms with Crippen LogP contribution in [0.15, 0.2) is 29.6 Å². The van der Waals surface area contributed by atoms with Crippen LogP contribution >= 0.6 is 0 Å². The number of hydrogen-bond acceptors (Lipinski definition) is 5. The van der Waals surface area contributed by atoms with Gasteiger partial charge in [-0.05, 0) is 13.0 Å². The molecule has 0 radical (unpaired) electrons. The van der Waals surface area contributed by atoms with Gasteiger partial charge in [0.05, 0.1) is 7.11 Å². The first-order valence-electron chi connectivity index (χ1n) is 5.91. The molecule has 2 aromatic heterocycles. The number of imidazole rings is 1. The van der Waals surface area contributed by atoms with Crippen molar-refractivity contribution >= 4 is 10.0 Å². The Morgan fingerprint density at radius 3 is 2.80 bits per heavy atom. The molecule has 0 aromatic carbocycles. The summed E-state index contributed by atoms with van der Waals surface area (Å²) in [6.45, 7) is 1.83. The number of nitrogens with one attached hydrogen (secondary N) is 1. The summed E-state index contributed by atoms with van der Waals surface area (Å²) in [5.74, 6) is 1.02. The number of aromatic nitrogens is 3. The number of rotatable bonds is 5. The van der Waals surface area contributed by atoms with Crippen LogP contribution in [0.25, 0.3) is 0 Å². The van der Waals surface area contributed by atoms with Gasteiger partial charge >= 0.3 is 0 Å².